The van der Waals surface area contributed by atoms with Crippen LogP contribution in [-0.2, 0) is 6.54 Å². The minimum atomic E-state index is -0.226. The van der Waals surface area contributed by atoms with Crippen LogP contribution in [0.1, 0.15) is 18.9 Å². The maximum atomic E-state index is 6.01. The molecular formula is C11H15Cl3N2. The highest BCUT2D eigenvalue weighted by Crippen LogP contribution is 2.18. The Hall–Kier alpha value is -0.0200. The summed E-state index contributed by atoms with van der Waals surface area (Å²) in [6.45, 7) is 2.71. The molecule has 1 rings (SSSR count). The third-order valence-corrected chi connectivity index (χ3v) is 4.06. The molecule has 0 saturated carbocycles. The van der Waals surface area contributed by atoms with E-state index in [4.69, 9.17) is 34.8 Å². The maximum absolute atomic E-state index is 6.01. The Morgan fingerprint density at radius 2 is 2.06 bits per heavy atom. The second kappa shape index (κ2) is 6.65. The minimum absolute atomic E-state index is 0.226. The highest BCUT2D eigenvalue weighted by molar-refractivity contribution is 6.31. The molecule has 0 aliphatic heterocycles. The molecule has 0 amide bonds. The summed E-state index contributed by atoms with van der Waals surface area (Å²) in [5.41, 5.74) is 0.778. The van der Waals surface area contributed by atoms with Gasteiger partial charge >= 0.3 is 0 Å². The van der Waals surface area contributed by atoms with Crippen LogP contribution in [0, 0.1) is 0 Å². The maximum Gasteiger partial charge on any atom is 0.0634 e. The summed E-state index contributed by atoms with van der Waals surface area (Å²) in [4.78, 5) is 3.94. The van der Waals surface area contributed by atoms with Gasteiger partial charge in [-0.1, -0.05) is 18.5 Å². The number of hydrogen-bond donors (Lipinski definition) is 1. The first-order chi connectivity index (χ1) is 7.67. The van der Waals surface area contributed by atoms with Crippen molar-refractivity contribution in [3.63, 3.8) is 0 Å². The molecule has 2 nitrogen and oxygen atoms in total. The third-order valence-electron chi connectivity index (χ3n) is 2.70. The number of hydrogen-bond acceptors (Lipinski definition) is 2. The largest absolute Gasteiger partial charge is 0.305 e. The van der Waals surface area contributed by atoms with Gasteiger partial charge in [-0.25, -0.2) is 0 Å². The number of rotatable bonds is 6. The lowest BCUT2D eigenvalue weighted by Gasteiger charge is -2.29. The Kier molecular flexibility index (Phi) is 5.84. The Balaban J connectivity index is 2.66. The fraction of sp³-hybridized carbons (Fsp3) is 0.545. The smallest absolute Gasteiger partial charge is 0.0634 e. The van der Waals surface area contributed by atoms with Crippen molar-refractivity contribution in [1.82, 2.24) is 10.3 Å². The zero-order valence-electron chi connectivity index (χ0n) is 9.14. The van der Waals surface area contributed by atoms with E-state index in [-0.39, 0.29) is 5.54 Å². The van der Waals surface area contributed by atoms with E-state index in [2.05, 4.69) is 17.2 Å². The Morgan fingerprint density at radius 3 is 2.56 bits per heavy atom. The molecule has 0 aromatic carbocycles. The van der Waals surface area contributed by atoms with Crippen LogP contribution in [0.4, 0.5) is 0 Å². The van der Waals surface area contributed by atoms with Crippen LogP contribution < -0.4 is 5.32 Å². The van der Waals surface area contributed by atoms with Crippen LogP contribution in [0.5, 0.6) is 0 Å². The quantitative estimate of drug-likeness (QED) is 0.808. The number of pyridine rings is 1. The second-order valence-corrected chi connectivity index (χ2v) is 4.66. The highest BCUT2D eigenvalue weighted by Gasteiger charge is 2.25. The van der Waals surface area contributed by atoms with E-state index in [1.54, 1.807) is 12.4 Å². The van der Waals surface area contributed by atoms with Crippen LogP contribution in [0.25, 0.3) is 0 Å². The van der Waals surface area contributed by atoms with E-state index in [1.165, 1.54) is 0 Å². The molecule has 1 aromatic rings. The molecule has 16 heavy (non-hydrogen) atoms. The van der Waals surface area contributed by atoms with Crippen LogP contribution in [0.15, 0.2) is 18.5 Å². The molecule has 90 valence electrons. The fourth-order valence-corrected chi connectivity index (χ4v) is 2.31. The van der Waals surface area contributed by atoms with Crippen molar-refractivity contribution < 1.29 is 0 Å². The van der Waals surface area contributed by atoms with E-state index in [1.807, 2.05) is 6.07 Å². The molecule has 5 heteroatoms. The van der Waals surface area contributed by atoms with Crippen molar-refractivity contribution in [2.75, 3.05) is 11.8 Å². The molecule has 0 saturated heterocycles. The van der Waals surface area contributed by atoms with Gasteiger partial charge in [-0.3, -0.25) is 4.98 Å². The number of aromatic nitrogens is 1. The summed E-state index contributed by atoms with van der Waals surface area (Å²) >= 11 is 17.9. The first kappa shape index (κ1) is 14.0. The van der Waals surface area contributed by atoms with Gasteiger partial charge in [0.25, 0.3) is 0 Å². The van der Waals surface area contributed by atoms with Gasteiger partial charge in [0.05, 0.1) is 5.02 Å². The Labute approximate surface area is 111 Å². The predicted octanol–water partition coefficient (Wildman–Crippen LogP) is 3.45. The van der Waals surface area contributed by atoms with Crippen molar-refractivity contribution in [3.8, 4) is 0 Å². The molecular weight excluding hydrogens is 266 g/mol. The van der Waals surface area contributed by atoms with Crippen LogP contribution in [-0.4, -0.2) is 22.3 Å². The van der Waals surface area contributed by atoms with Gasteiger partial charge in [0.1, 0.15) is 0 Å². The Bertz CT molecular complexity index is 318. The molecule has 0 fully saturated rings. The zero-order valence-corrected chi connectivity index (χ0v) is 11.4. The average Bonchev–Trinajstić information content (AvgIpc) is 2.34. The van der Waals surface area contributed by atoms with Gasteiger partial charge in [0.2, 0.25) is 0 Å². The lowest BCUT2D eigenvalue weighted by Crippen LogP contribution is -2.47. The molecule has 0 spiro atoms. The molecule has 1 N–H and O–H groups in total. The summed E-state index contributed by atoms with van der Waals surface area (Å²) < 4.78 is 0. The monoisotopic (exact) mass is 280 g/mol. The molecule has 1 aromatic heterocycles. The van der Waals surface area contributed by atoms with Crippen molar-refractivity contribution in [2.45, 2.75) is 25.4 Å². The number of nitrogens with zero attached hydrogens (tertiary/aromatic N) is 1. The van der Waals surface area contributed by atoms with E-state index >= 15 is 0 Å². The van der Waals surface area contributed by atoms with Gasteiger partial charge in [-0.15, -0.1) is 23.2 Å². The number of alkyl halides is 2. The van der Waals surface area contributed by atoms with Gasteiger partial charge in [0.15, 0.2) is 0 Å². The van der Waals surface area contributed by atoms with E-state index in [0.29, 0.717) is 23.3 Å². The zero-order chi connectivity index (χ0) is 12.0. The summed E-state index contributed by atoms with van der Waals surface area (Å²) in [5, 5.41) is 4.02. The van der Waals surface area contributed by atoms with Crippen molar-refractivity contribution >= 4 is 34.8 Å². The molecule has 0 bridgehead atoms. The predicted molar refractivity (Wildman–Crippen MR) is 70.5 cm³/mol. The lowest BCUT2D eigenvalue weighted by atomic mass is 10.0. The summed E-state index contributed by atoms with van der Waals surface area (Å²) in [5.74, 6) is 0.964. The van der Waals surface area contributed by atoms with Crippen LogP contribution >= 0.6 is 34.8 Å². The molecule has 0 atom stereocenters. The normalized spacial score (nSPS) is 11.8. The molecule has 1 heterocycles. The topological polar surface area (TPSA) is 24.9 Å². The SMILES string of the molecule is CCC(CCl)(CCl)NCc1ccncc1Cl. The second-order valence-electron chi connectivity index (χ2n) is 3.72. The molecule has 0 aliphatic rings. The van der Waals surface area contributed by atoms with Gasteiger partial charge in [0, 0.05) is 36.2 Å². The summed E-state index contributed by atoms with van der Waals surface area (Å²) in [7, 11) is 0. The van der Waals surface area contributed by atoms with Crippen molar-refractivity contribution in [3.05, 3.63) is 29.0 Å². The van der Waals surface area contributed by atoms with Crippen molar-refractivity contribution in [2.24, 2.45) is 0 Å². The average molecular weight is 282 g/mol. The summed E-state index contributed by atoms with van der Waals surface area (Å²) in [6.07, 6.45) is 4.23. The highest BCUT2D eigenvalue weighted by atomic mass is 35.5. The van der Waals surface area contributed by atoms with Crippen LogP contribution in [0.3, 0.4) is 0 Å². The third kappa shape index (κ3) is 3.49. The first-order valence-electron chi connectivity index (χ1n) is 5.13. The minimum Gasteiger partial charge on any atom is -0.305 e. The molecule has 0 unspecified atom stereocenters. The molecule has 0 radical (unpaired) electrons. The number of nitrogens with one attached hydrogen (secondary N) is 1. The number of halogens is 3. The van der Waals surface area contributed by atoms with Gasteiger partial charge < -0.3 is 5.32 Å². The van der Waals surface area contributed by atoms with E-state index in [9.17, 15) is 0 Å². The van der Waals surface area contributed by atoms with E-state index < -0.39 is 0 Å². The lowest BCUT2D eigenvalue weighted by molar-refractivity contribution is 0.384. The summed E-state index contributed by atoms with van der Waals surface area (Å²) in [6, 6.07) is 1.89. The Morgan fingerprint density at radius 1 is 1.38 bits per heavy atom. The van der Waals surface area contributed by atoms with Gasteiger partial charge in [-0.05, 0) is 18.1 Å². The van der Waals surface area contributed by atoms with Crippen molar-refractivity contribution in [1.29, 1.82) is 0 Å². The standard InChI is InChI=1S/C11H15Cl3N2/c1-2-11(7-12,8-13)16-5-9-3-4-15-6-10(9)14/h3-4,6,16H,2,5,7-8H2,1H3. The first-order valence-corrected chi connectivity index (χ1v) is 6.57. The fourth-order valence-electron chi connectivity index (χ4n) is 1.27. The van der Waals surface area contributed by atoms with E-state index in [0.717, 1.165) is 12.0 Å². The van der Waals surface area contributed by atoms with Crippen LogP contribution in [0.2, 0.25) is 5.02 Å². The molecule has 0 aliphatic carbocycles. The van der Waals surface area contributed by atoms with Gasteiger partial charge in [-0.2, -0.15) is 0 Å².